The Kier molecular flexibility index (Phi) is 8.26. The Morgan fingerprint density at radius 3 is 2.56 bits per heavy atom. The third kappa shape index (κ3) is 6.67. The number of ether oxygens (including phenoxy) is 1. The molecule has 2 amide bonds. The van der Waals surface area contributed by atoms with Gasteiger partial charge in [-0.2, -0.15) is 0 Å². The Labute approximate surface area is 107 Å². The molecular formula is C12H20N2O4. The molecule has 0 saturated heterocycles. The Hall–Kier alpha value is -1.85. The standard InChI is InChI=1S/C12H20N2O4/c1-4-6-7-10(15)14-9(8-11(16)18-3)12(17)13-5-2/h4,9H,1,5-8H2,2-3H3,(H,13,17)(H,14,15). The minimum atomic E-state index is -0.894. The summed E-state index contributed by atoms with van der Waals surface area (Å²) in [7, 11) is 1.23. The van der Waals surface area contributed by atoms with Gasteiger partial charge in [-0.15, -0.1) is 6.58 Å². The zero-order chi connectivity index (χ0) is 14.0. The van der Waals surface area contributed by atoms with E-state index in [-0.39, 0.29) is 18.7 Å². The lowest BCUT2D eigenvalue weighted by atomic mass is 10.1. The van der Waals surface area contributed by atoms with Crippen LogP contribution in [0.2, 0.25) is 0 Å². The van der Waals surface area contributed by atoms with Crippen molar-refractivity contribution in [1.82, 2.24) is 10.6 Å². The molecule has 2 N–H and O–H groups in total. The quantitative estimate of drug-likeness (QED) is 0.478. The fraction of sp³-hybridized carbons (Fsp3) is 0.583. The number of rotatable bonds is 8. The number of carbonyl (C=O) groups excluding carboxylic acids is 3. The van der Waals surface area contributed by atoms with Crippen LogP contribution in [0.5, 0.6) is 0 Å². The minimum Gasteiger partial charge on any atom is -0.469 e. The lowest BCUT2D eigenvalue weighted by Gasteiger charge is -2.16. The first-order valence-electron chi connectivity index (χ1n) is 5.79. The summed E-state index contributed by atoms with van der Waals surface area (Å²) in [6.07, 6.45) is 2.19. The van der Waals surface area contributed by atoms with Crippen LogP contribution in [0.4, 0.5) is 0 Å². The summed E-state index contributed by atoms with van der Waals surface area (Å²) in [5.74, 6) is -1.24. The number of hydrogen-bond acceptors (Lipinski definition) is 4. The highest BCUT2D eigenvalue weighted by atomic mass is 16.5. The molecule has 0 aliphatic rings. The first kappa shape index (κ1) is 16.1. The Balaban J connectivity index is 4.45. The number of likely N-dealkylation sites (N-methyl/N-ethyl adjacent to an activating group) is 1. The number of esters is 1. The average Bonchev–Trinajstić information content (AvgIpc) is 2.35. The molecule has 0 aromatic rings. The minimum absolute atomic E-state index is 0.178. The summed E-state index contributed by atoms with van der Waals surface area (Å²) in [5, 5.41) is 5.06. The van der Waals surface area contributed by atoms with Gasteiger partial charge >= 0.3 is 5.97 Å². The van der Waals surface area contributed by atoms with Gasteiger partial charge in [0.1, 0.15) is 6.04 Å². The number of allylic oxidation sites excluding steroid dienone is 1. The van der Waals surface area contributed by atoms with Gasteiger partial charge < -0.3 is 15.4 Å². The average molecular weight is 256 g/mol. The molecule has 0 aromatic carbocycles. The molecule has 0 rings (SSSR count). The highest BCUT2D eigenvalue weighted by Gasteiger charge is 2.23. The van der Waals surface area contributed by atoms with E-state index >= 15 is 0 Å². The summed E-state index contributed by atoms with van der Waals surface area (Å²) in [4.78, 5) is 34.3. The maximum atomic E-state index is 11.7. The van der Waals surface area contributed by atoms with Crippen LogP contribution in [0.1, 0.15) is 26.2 Å². The Morgan fingerprint density at radius 2 is 2.06 bits per heavy atom. The smallest absolute Gasteiger partial charge is 0.308 e. The summed E-state index contributed by atoms with van der Waals surface area (Å²) >= 11 is 0. The van der Waals surface area contributed by atoms with Gasteiger partial charge in [-0.1, -0.05) is 6.08 Å². The Morgan fingerprint density at radius 1 is 1.39 bits per heavy atom. The van der Waals surface area contributed by atoms with E-state index in [1.807, 2.05) is 0 Å². The van der Waals surface area contributed by atoms with Gasteiger partial charge in [0.2, 0.25) is 11.8 Å². The predicted octanol–water partition coefficient (Wildman–Crippen LogP) is 0.137. The first-order valence-corrected chi connectivity index (χ1v) is 5.79. The van der Waals surface area contributed by atoms with E-state index in [1.54, 1.807) is 13.0 Å². The van der Waals surface area contributed by atoms with Gasteiger partial charge in [0.25, 0.3) is 0 Å². The second-order valence-corrected chi connectivity index (χ2v) is 3.62. The summed E-state index contributed by atoms with van der Waals surface area (Å²) in [6, 6.07) is -0.894. The molecule has 0 bridgehead atoms. The fourth-order valence-corrected chi connectivity index (χ4v) is 1.26. The number of hydrogen-bond donors (Lipinski definition) is 2. The van der Waals surface area contributed by atoms with E-state index < -0.39 is 17.9 Å². The van der Waals surface area contributed by atoms with E-state index in [4.69, 9.17) is 0 Å². The summed E-state index contributed by atoms with van der Waals surface area (Å²) in [5.41, 5.74) is 0. The summed E-state index contributed by atoms with van der Waals surface area (Å²) in [6.45, 7) is 5.69. The van der Waals surface area contributed by atoms with Crippen LogP contribution in [0, 0.1) is 0 Å². The monoisotopic (exact) mass is 256 g/mol. The molecule has 0 heterocycles. The zero-order valence-corrected chi connectivity index (χ0v) is 10.8. The molecule has 0 aliphatic heterocycles. The van der Waals surface area contributed by atoms with Crippen molar-refractivity contribution in [3.05, 3.63) is 12.7 Å². The van der Waals surface area contributed by atoms with Crippen molar-refractivity contribution in [2.24, 2.45) is 0 Å². The molecule has 6 heteroatoms. The highest BCUT2D eigenvalue weighted by Crippen LogP contribution is 1.98. The molecule has 102 valence electrons. The van der Waals surface area contributed by atoms with Crippen LogP contribution < -0.4 is 10.6 Å². The molecule has 0 spiro atoms. The lowest BCUT2D eigenvalue weighted by molar-refractivity contribution is -0.143. The highest BCUT2D eigenvalue weighted by molar-refractivity contribution is 5.90. The number of carbonyl (C=O) groups is 3. The topological polar surface area (TPSA) is 84.5 Å². The van der Waals surface area contributed by atoms with E-state index in [1.165, 1.54) is 7.11 Å². The molecular weight excluding hydrogens is 236 g/mol. The number of amides is 2. The maximum Gasteiger partial charge on any atom is 0.308 e. The molecule has 1 atom stereocenters. The van der Waals surface area contributed by atoms with Crippen LogP contribution >= 0.6 is 0 Å². The van der Waals surface area contributed by atoms with Crippen LogP contribution in [-0.2, 0) is 19.1 Å². The number of nitrogens with one attached hydrogen (secondary N) is 2. The molecule has 0 aromatic heterocycles. The second kappa shape index (κ2) is 9.21. The maximum absolute atomic E-state index is 11.7. The normalized spacial score (nSPS) is 11.2. The molecule has 18 heavy (non-hydrogen) atoms. The van der Waals surface area contributed by atoms with Crippen molar-refractivity contribution in [3.8, 4) is 0 Å². The fourth-order valence-electron chi connectivity index (χ4n) is 1.26. The van der Waals surface area contributed by atoms with Crippen molar-refractivity contribution in [1.29, 1.82) is 0 Å². The molecule has 0 radical (unpaired) electrons. The number of methoxy groups -OCH3 is 1. The van der Waals surface area contributed by atoms with Gasteiger partial charge in [-0.25, -0.2) is 0 Å². The van der Waals surface area contributed by atoms with E-state index in [0.717, 1.165) is 0 Å². The largest absolute Gasteiger partial charge is 0.469 e. The molecule has 1 unspecified atom stereocenters. The zero-order valence-electron chi connectivity index (χ0n) is 10.8. The van der Waals surface area contributed by atoms with Crippen molar-refractivity contribution in [3.63, 3.8) is 0 Å². The summed E-state index contributed by atoms with van der Waals surface area (Å²) < 4.78 is 4.49. The van der Waals surface area contributed by atoms with Gasteiger partial charge in [-0.05, 0) is 13.3 Å². The Bertz CT molecular complexity index is 315. The molecule has 0 saturated carbocycles. The SMILES string of the molecule is C=CCCC(=O)NC(CC(=O)OC)C(=O)NCC. The van der Waals surface area contributed by atoms with Gasteiger partial charge in [-0.3, -0.25) is 14.4 Å². The van der Waals surface area contributed by atoms with Gasteiger partial charge in [0, 0.05) is 13.0 Å². The predicted molar refractivity (Wildman–Crippen MR) is 66.7 cm³/mol. The molecule has 0 fully saturated rings. The third-order valence-corrected chi connectivity index (χ3v) is 2.18. The molecule has 6 nitrogen and oxygen atoms in total. The van der Waals surface area contributed by atoms with E-state index in [0.29, 0.717) is 13.0 Å². The van der Waals surface area contributed by atoms with Crippen molar-refractivity contribution in [2.45, 2.75) is 32.2 Å². The van der Waals surface area contributed by atoms with Crippen molar-refractivity contribution < 1.29 is 19.1 Å². The van der Waals surface area contributed by atoms with Crippen LogP contribution in [0.15, 0.2) is 12.7 Å². The first-order chi connectivity index (χ1) is 8.54. The van der Waals surface area contributed by atoms with Crippen LogP contribution in [0.25, 0.3) is 0 Å². The van der Waals surface area contributed by atoms with Gasteiger partial charge in [0.05, 0.1) is 13.5 Å². The third-order valence-electron chi connectivity index (χ3n) is 2.18. The van der Waals surface area contributed by atoms with E-state index in [2.05, 4.69) is 21.9 Å². The molecule has 0 aliphatic carbocycles. The van der Waals surface area contributed by atoms with Crippen LogP contribution in [0.3, 0.4) is 0 Å². The van der Waals surface area contributed by atoms with Crippen molar-refractivity contribution in [2.75, 3.05) is 13.7 Å². The van der Waals surface area contributed by atoms with E-state index in [9.17, 15) is 14.4 Å². The van der Waals surface area contributed by atoms with Crippen LogP contribution in [-0.4, -0.2) is 37.5 Å². The van der Waals surface area contributed by atoms with Crippen molar-refractivity contribution >= 4 is 17.8 Å². The van der Waals surface area contributed by atoms with Gasteiger partial charge in [0.15, 0.2) is 0 Å². The lowest BCUT2D eigenvalue weighted by Crippen LogP contribution is -2.47. The second-order valence-electron chi connectivity index (χ2n) is 3.62.